The molecule has 19 heavy (non-hydrogen) atoms. The van der Waals surface area contributed by atoms with Gasteiger partial charge in [-0.3, -0.25) is 9.63 Å². The summed E-state index contributed by atoms with van der Waals surface area (Å²) in [6.45, 7) is 3.57. The molecule has 0 spiro atoms. The molecule has 2 rings (SSSR count). The Kier molecular flexibility index (Phi) is 4.66. The van der Waals surface area contributed by atoms with Crippen LogP contribution in [0.1, 0.15) is 31.7 Å². The third-order valence-electron chi connectivity index (χ3n) is 3.19. The lowest BCUT2D eigenvalue weighted by Crippen LogP contribution is -2.40. The van der Waals surface area contributed by atoms with Gasteiger partial charge in [-0.2, -0.15) is 0 Å². The first-order chi connectivity index (χ1) is 9.06. The van der Waals surface area contributed by atoms with Gasteiger partial charge in [0, 0.05) is 5.02 Å². The number of hydrogen-bond acceptors (Lipinski definition) is 3. The van der Waals surface area contributed by atoms with Crippen molar-refractivity contribution in [1.82, 2.24) is 5.48 Å². The van der Waals surface area contributed by atoms with E-state index in [2.05, 4.69) is 5.48 Å². The van der Waals surface area contributed by atoms with Crippen LogP contribution in [0.5, 0.6) is 5.75 Å². The van der Waals surface area contributed by atoms with E-state index in [0.29, 0.717) is 10.8 Å². The molecule has 0 bridgehead atoms. The lowest BCUT2D eigenvalue weighted by molar-refractivity contribution is -0.149. The smallest absolute Gasteiger partial charge is 0.284 e. The fraction of sp³-hybridized carbons (Fsp3) is 0.500. The minimum Gasteiger partial charge on any atom is -0.481 e. The monoisotopic (exact) mass is 283 g/mol. The van der Waals surface area contributed by atoms with E-state index in [9.17, 15) is 4.79 Å². The number of carbonyl (C=O) groups is 1. The number of hydrogen-bond donors (Lipinski definition) is 1. The number of amides is 1. The van der Waals surface area contributed by atoms with Crippen LogP contribution >= 0.6 is 11.6 Å². The molecule has 1 saturated carbocycles. The fourth-order valence-corrected chi connectivity index (χ4v) is 1.93. The van der Waals surface area contributed by atoms with Crippen LogP contribution < -0.4 is 10.2 Å². The van der Waals surface area contributed by atoms with Crippen LogP contribution in [0.2, 0.25) is 5.02 Å². The van der Waals surface area contributed by atoms with Crippen LogP contribution in [-0.2, 0) is 9.63 Å². The first-order valence-electron chi connectivity index (χ1n) is 6.44. The molecule has 0 aliphatic heterocycles. The van der Waals surface area contributed by atoms with Gasteiger partial charge in [-0.1, -0.05) is 11.6 Å². The van der Waals surface area contributed by atoms with Gasteiger partial charge in [0.25, 0.3) is 5.91 Å². The van der Waals surface area contributed by atoms with Crippen molar-refractivity contribution in [3.8, 4) is 5.75 Å². The summed E-state index contributed by atoms with van der Waals surface area (Å²) in [4.78, 5) is 17.0. The van der Waals surface area contributed by atoms with E-state index in [1.807, 2.05) is 6.92 Å². The molecule has 1 unspecified atom stereocenters. The fourth-order valence-electron chi connectivity index (χ4n) is 1.70. The zero-order valence-electron chi connectivity index (χ0n) is 11.1. The summed E-state index contributed by atoms with van der Waals surface area (Å²) in [6, 6.07) is 5.29. The highest BCUT2D eigenvalue weighted by molar-refractivity contribution is 6.30. The number of nitrogens with one attached hydrogen (secondary N) is 1. The zero-order chi connectivity index (χ0) is 13.8. The van der Waals surface area contributed by atoms with Crippen LogP contribution in [0.4, 0.5) is 0 Å². The summed E-state index contributed by atoms with van der Waals surface area (Å²) in [6.07, 6.45) is 2.72. The predicted octanol–water partition coefficient (Wildman–Crippen LogP) is 3.02. The molecule has 1 atom stereocenters. The molecule has 1 aliphatic rings. The number of aryl methyl sites for hydroxylation is 1. The van der Waals surface area contributed by atoms with Crippen molar-refractivity contribution in [3.63, 3.8) is 0 Å². The standard InChI is InChI=1S/C14H18ClNO3/c1-9-8-11(15)6-7-13(9)18-10(2)14(17)16-19-12-4-3-5-12/h6-8,10,12H,3-5H2,1-2H3,(H,16,17). The largest absolute Gasteiger partial charge is 0.481 e. The molecule has 1 aliphatic carbocycles. The molecule has 1 amide bonds. The maximum Gasteiger partial charge on any atom is 0.284 e. The van der Waals surface area contributed by atoms with Crippen LogP contribution in [0, 0.1) is 6.92 Å². The minimum absolute atomic E-state index is 0.161. The molecule has 0 radical (unpaired) electrons. The van der Waals surface area contributed by atoms with Gasteiger partial charge < -0.3 is 4.74 Å². The van der Waals surface area contributed by atoms with Crippen molar-refractivity contribution in [2.75, 3.05) is 0 Å². The van der Waals surface area contributed by atoms with Crippen molar-refractivity contribution >= 4 is 17.5 Å². The third-order valence-corrected chi connectivity index (χ3v) is 3.42. The number of hydroxylamine groups is 1. The van der Waals surface area contributed by atoms with Gasteiger partial charge in [0.1, 0.15) is 5.75 Å². The molecule has 1 aromatic rings. The second kappa shape index (κ2) is 6.26. The summed E-state index contributed by atoms with van der Waals surface area (Å²) in [5, 5.41) is 0.648. The lowest BCUT2D eigenvalue weighted by atomic mass is 9.97. The average molecular weight is 284 g/mol. The molecule has 0 aromatic heterocycles. The van der Waals surface area contributed by atoms with E-state index in [0.717, 1.165) is 24.8 Å². The number of ether oxygens (including phenoxy) is 1. The molecule has 104 valence electrons. The topological polar surface area (TPSA) is 47.6 Å². The molecule has 5 heteroatoms. The minimum atomic E-state index is -0.611. The second-order valence-corrected chi connectivity index (χ2v) is 5.24. The van der Waals surface area contributed by atoms with E-state index in [1.54, 1.807) is 25.1 Å². The van der Waals surface area contributed by atoms with Crippen LogP contribution in [0.3, 0.4) is 0 Å². The molecular formula is C14H18ClNO3. The van der Waals surface area contributed by atoms with Gasteiger partial charge in [0.05, 0.1) is 6.10 Å². The molecule has 0 saturated heterocycles. The van der Waals surface area contributed by atoms with E-state index < -0.39 is 6.10 Å². The van der Waals surface area contributed by atoms with Crippen LogP contribution in [0.25, 0.3) is 0 Å². The molecular weight excluding hydrogens is 266 g/mol. The predicted molar refractivity (Wildman–Crippen MR) is 73.1 cm³/mol. The second-order valence-electron chi connectivity index (χ2n) is 4.81. The normalized spacial score (nSPS) is 16.6. The van der Waals surface area contributed by atoms with E-state index in [4.69, 9.17) is 21.2 Å². The molecule has 1 fully saturated rings. The van der Waals surface area contributed by atoms with Gasteiger partial charge in [-0.25, -0.2) is 5.48 Å². The number of carbonyl (C=O) groups excluding carboxylic acids is 1. The van der Waals surface area contributed by atoms with Crippen molar-refractivity contribution in [3.05, 3.63) is 28.8 Å². The van der Waals surface area contributed by atoms with E-state index in [-0.39, 0.29) is 12.0 Å². The Bertz CT molecular complexity index is 460. The lowest BCUT2D eigenvalue weighted by Gasteiger charge is -2.25. The average Bonchev–Trinajstić information content (AvgIpc) is 2.30. The van der Waals surface area contributed by atoms with Crippen molar-refractivity contribution in [2.45, 2.75) is 45.3 Å². The molecule has 1 aromatic carbocycles. The molecule has 1 N–H and O–H groups in total. The Hall–Kier alpha value is -1.26. The third kappa shape index (κ3) is 3.85. The Balaban J connectivity index is 1.84. The van der Waals surface area contributed by atoms with Gasteiger partial charge in [0.2, 0.25) is 0 Å². The molecule has 0 heterocycles. The molecule has 4 nitrogen and oxygen atoms in total. The Morgan fingerprint density at radius 1 is 1.47 bits per heavy atom. The summed E-state index contributed by atoms with van der Waals surface area (Å²) in [5.74, 6) is 0.372. The van der Waals surface area contributed by atoms with E-state index >= 15 is 0 Å². The Morgan fingerprint density at radius 2 is 2.21 bits per heavy atom. The first-order valence-corrected chi connectivity index (χ1v) is 6.82. The van der Waals surface area contributed by atoms with E-state index in [1.165, 1.54) is 0 Å². The van der Waals surface area contributed by atoms with Crippen molar-refractivity contribution in [1.29, 1.82) is 0 Å². The number of benzene rings is 1. The number of halogens is 1. The van der Waals surface area contributed by atoms with Crippen molar-refractivity contribution in [2.24, 2.45) is 0 Å². The van der Waals surface area contributed by atoms with Gasteiger partial charge in [-0.05, 0) is 56.9 Å². The highest BCUT2D eigenvalue weighted by Crippen LogP contribution is 2.23. The maximum atomic E-state index is 11.8. The Labute approximate surface area is 118 Å². The zero-order valence-corrected chi connectivity index (χ0v) is 11.9. The Morgan fingerprint density at radius 3 is 2.79 bits per heavy atom. The van der Waals surface area contributed by atoms with Gasteiger partial charge >= 0.3 is 0 Å². The van der Waals surface area contributed by atoms with Gasteiger partial charge in [0.15, 0.2) is 6.10 Å². The number of rotatable bonds is 5. The van der Waals surface area contributed by atoms with Crippen molar-refractivity contribution < 1.29 is 14.4 Å². The summed E-state index contributed by atoms with van der Waals surface area (Å²) in [5.41, 5.74) is 3.34. The van der Waals surface area contributed by atoms with Gasteiger partial charge in [-0.15, -0.1) is 0 Å². The summed E-state index contributed by atoms with van der Waals surface area (Å²) < 4.78 is 5.60. The first kappa shape index (κ1) is 14.2. The van der Waals surface area contributed by atoms with Crippen LogP contribution in [-0.4, -0.2) is 18.1 Å². The summed E-state index contributed by atoms with van der Waals surface area (Å²) >= 11 is 5.87. The highest BCUT2D eigenvalue weighted by atomic mass is 35.5. The highest BCUT2D eigenvalue weighted by Gasteiger charge is 2.22. The summed E-state index contributed by atoms with van der Waals surface area (Å²) in [7, 11) is 0. The quantitative estimate of drug-likeness (QED) is 0.845. The maximum absolute atomic E-state index is 11.8. The SMILES string of the molecule is Cc1cc(Cl)ccc1OC(C)C(=O)NOC1CCC1. The van der Waals surface area contributed by atoms with Crippen LogP contribution in [0.15, 0.2) is 18.2 Å².